The third-order valence-corrected chi connectivity index (χ3v) is 5.44. The van der Waals surface area contributed by atoms with Gasteiger partial charge in [-0.15, -0.1) is 24.0 Å². The van der Waals surface area contributed by atoms with Crippen LogP contribution in [0.3, 0.4) is 0 Å². The van der Waals surface area contributed by atoms with Crippen LogP contribution in [0.4, 0.5) is 4.39 Å². The van der Waals surface area contributed by atoms with Crippen molar-refractivity contribution in [1.82, 2.24) is 20.4 Å². The van der Waals surface area contributed by atoms with Gasteiger partial charge in [0.15, 0.2) is 5.96 Å². The van der Waals surface area contributed by atoms with Crippen molar-refractivity contribution in [2.45, 2.75) is 19.6 Å². The number of aliphatic imine (C=N–C) groups is 1. The van der Waals surface area contributed by atoms with E-state index in [4.69, 9.17) is 4.74 Å². The number of morpholine rings is 1. The van der Waals surface area contributed by atoms with E-state index in [1.54, 1.807) is 7.05 Å². The number of likely N-dealkylation sites (N-methyl/N-ethyl adjacent to an activating group) is 1. The van der Waals surface area contributed by atoms with Gasteiger partial charge in [-0.3, -0.25) is 9.89 Å². The fraction of sp³-hybridized carbons (Fsp3) is 0.458. The summed E-state index contributed by atoms with van der Waals surface area (Å²) in [6.45, 7) is 7.67. The Morgan fingerprint density at radius 3 is 2.44 bits per heavy atom. The highest BCUT2D eigenvalue weighted by atomic mass is 127. The van der Waals surface area contributed by atoms with Crippen molar-refractivity contribution >= 4 is 29.9 Å². The summed E-state index contributed by atoms with van der Waals surface area (Å²) >= 11 is 0. The molecule has 176 valence electrons. The van der Waals surface area contributed by atoms with Crippen molar-refractivity contribution < 1.29 is 9.13 Å². The Labute approximate surface area is 208 Å². The number of hydrogen-bond donors (Lipinski definition) is 2. The number of rotatable bonds is 9. The topological polar surface area (TPSA) is 52.1 Å². The molecule has 6 nitrogen and oxygen atoms in total. The number of ether oxygens (including phenoxy) is 1. The third-order valence-electron chi connectivity index (χ3n) is 5.44. The maximum absolute atomic E-state index is 13.0. The number of halogens is 2. The van der Waals surface area contributed by atoms with E-state index in [0.29, 0.717) is 0 Å². The molecule has 1 heterocycles. The molecule has 0 bridgehead atoms. The standard InChI is InChI=1S/C24H34FN5O.HI/c1-26-24(27-11-12-29(2)18-20-7-9-23(25)10-8-20)28-17-21-5-3-4-6-22(21)19-30-13-15-31-16-14-30;/h3-10H,11-19H2,1-2H3,(H2,26,27,28);1H. The first kappa shape index (κ1) is 26.5. The molecule has 0 radical (unpaired) electrons. The van der Waals surface area contributed by atoms with Crippen LogP contribution in [0.15, 0.2) is 53.5 Å². The van der Waals surface area contributed by atoms with E-state index in [1.165, 1.54) is 23.3 Å². The zero-order chi connectivity index (χ0) is 21.9. The van der Waals surface area contributed by atoms with Crippen LogP contribution in [0, 0.1) is 5.82 Å². The summed E-state index contributed by atoms with van der Waals surface area (Å²) in [5.41, 5.74) is 3.72. The smallest absolute Gasteiger partial charge is 0.191 e. The largest absolute Gasteiger partial charge is 0.379 e. The van der Waals surface area contributed by atoms with Gasteiger partial charge in [0.1, 0.15) is 5.82 Å². The normalized spacial score (nSPS) is 14.8. The zero-order valence-electron chi connectivity index (χ0n) is 19.0. The van der Waals surface area contributed by atoms with Crippen LogP contribution in [0.5, 0.6) is 0 Å². The van der Waals surface area contributed by atoms with Crippen molar-refractivity contribution in [2.75, 3.05) is 53.5 Å². The second-order valence-corrected chi connectivity index (χ2v) is 7.87. The molecular weight excluding hydrogens is 520 g/mol. The van der Waals surface area contributed by atoms with E-state index >= 15 is 0 Å². The first-order valence-electron chi connectivity index (χ1n) is 10.9. The summed E-state index contributed by atoms with van der Waals surface area (Å²) in [4.78, 5) is 8.98. The molecule has 0 spiro atoms. The Morgan fingerprint density at radius 1 is 1.06 bits per heavy atom. The first-order chi connectivity index (χ1) is 15.1. The Hall–Kier alpha value is -1.75. The summed E-state index contributed by atoms with van der Waals surface area (Å²) < 4.78 is 18.5. The highest BCUT2D eigenvalue weighted by molar-refractivity contribution is 14.0. The lowest BCUT2D eigenvalue weighted by Crippen LogP contribution is -2.40. The van der Waals surface area contributed by atoms with E-state index < -0.39 is 0 Å². The van der Waals surface area contributed by atoms with E-state index in [2.05, 4.69) is 56.7 Å². The molecule has 2 aromatic carbocycles. The molecule has 3 rings (SSSR count). The molecule has 2 N–H and O–H groups in total. The molecule has 0 aliphatic carbocycles. The van der Waals surface area contributed by atoms with Gasteiger partial charge in [-0.2, -0.15) is 0 Å². The Kier molecular flexibility index (Phi) is 11.9. The summed E-state index contributed by atoms with van der Waals surface area (Å²) in [5.74, 6) is 0.589. The number of benzene rings is 2. The van der Waals surface area contributed by atoms with E-state index in [9.17, 15) is 4.39 Å². The van der Waals surface area contributed by atoms with E-state index in [-0.39, 0.29) is 29.8 Å². The van der Waals surface area contributed by atoms with Crippen LogP contribution >= 0.6 is 24.0 Å². The Morgan fingerprint density at radius 2 is 1.75 bits per heavy atom. The molecule has 32 heavy (non-hydrogen) atoms. The Balaban J connectivity index is 0.00000363. The van der Waals surface area contributed by atoms with Gasteiger partial charge in [-0.25, -0.2) is 4.39 Å². The fourth-order valence-electron chi connectivity index (χ4n) is 3.63. The average Bonchev–Trinajstić information content (AvgIpc) is 2.79. The van der Waals surface area contributed by atoms with Crippen LogP contribution in [-0.4, -0.2) is 69.2 Å². The fourth-order valence-corrected chi connectivity index (χ4v) is 3.63. The third kappa shape index (κ3) is 9.01. The molecule has 1 aliphatic rings. The van der Waals surface area contributed by atoms with E-state index in [0.717, 1.165) is 70.6 Å². The van der Waals surface area contributed by atoms with Crippen molar-refractivity contribution in [2.24, 2.45) is 4.99 Å². The van der Waals surface area contributed by atoms with Crippen LogP contribution in [0.2, 0.25) is 0 Å². The molecule has 0 saturated carbocycles. The number of hydrogen-bond acceptors (Lipinski definition) is 4. The summed E-state index contributed by atoms with van der Waals surface area (Å²) in [6, 6.07) is 15.2. The monoisotopic (exact) mass is 555 g/mol. The zero-order valence-corrected chi connectivity index (χ0v) is 21.3. The molecule has 0 atom stereocenters. The predicted molar refractivity (Wildman–Crippen MR) is 139 cm³/mol. The first-order valence-corrected chi connectivity index (χ1v) is 10.9. The molecule has 1 fully saturated rings. The van der Waals surface area contributed by atoms with Crippen molar-refractivity contribution in [3.05, 3.63) is 71.0 Å². The van der Waals surface area contributed by atoms with Crippen LogP contribution in [-0.2, 0) is 24.4 Å². The summed E-state index contributed by atoms with van der Waals surface area (Å²) in [5, 5.41) is 6.81. The second kappa shape index (κ2) is 14.4. The van der Waals surface area contributed by atoms with Gasteiger partial charge < -0.3 is 20.3 Å². The van der Waals surface area contributed by atoms with Crippen LogP contribution in [0.1, 0.15) is 16.7 Å². The lowest BCUT2D eigenvalue weighted by molar-refractivity contribution is 0.0341. The minimum atomic E-state index is -0.200. The summed E-state index contributed by atoms with van der Waals surface area (Å²) in [7, 11) is 3.85. The minimum absolute atomic E-state index is 0. The van der Waals surface area contributed by atoms with Crippen molar-refractivity contribution in [1.29, 1.82) is 0 Å². The summed E-state index contributed by atoms with van der Waals surface area (Å²) in [6.07, 6.45) is 0. The van der Waals surface area contributed by atoms with Crippen LogP contribution in [0.25, 0.3) is 0 Å². The van der Waals surface area contributed by atoms with Gasteiger partial charge in [-0.1, -0.05) is 36.4 Å². The predicted octanol–water partition coefficient (Wildman–Crippen LogP) is 3.07. The molecule has 8 heteroatoms. The van der Waals surface area contributed by atoms with E-state index in [1.807, 2.05) is 12.1 Å². The van der Waals surface area contributed by atoms with Gasteiger partial charge in [0.2, 0.25) is 0 Å². The van der Waals surface area contributed by atoms with Crippen molar-refractivity contribution in [3.63, 3.8) is 0 Å². The molecule has 0 aromatic heterocycles. The number of nitrogens with zero attached hydrogens (tertiary/aromatic N) is 3. The molecule has 1 aliphatic heterocycles. The number of nitrogens with one attached hydrogen (secondary N) is 2. The molecule has 2 aromatic rings. The highest BCUT2D eigenvalue weighted by Gasteiger charge is 2.13. The van der Waals surface area contributed by atoms with Gasteiger partial charge in [0, 0.05) is 52.9 Å². The average molecular weight is 555 g/mol. The maximum Gasteiger partial charge on any atom is 0.191 e. The van der Waals surface area contributed by atoms with Gasteiger partial charge in [-0.05, 0) is 35.9 Å². The van der Waals surface area contributed by atoms with Gasteiger partial charge >= 0.3 is 0 Å². The SMILES string of the molecule is CN=C(NCCN(C)Cc1ccc(F)cc1)NCc1ccccc1CN1CCOCC1.I. The number of guanidine groups is 1. The highest BCUT2D eigenvalue weighted by Crippen LogP contribution is 2.13. The molecular formula is C24H35FIN5O. The molecule has 1 saturated heterocycles. The molecule has 0 amide bonds. The lowest BCUT2D eigenvalue weighted by Gasteiger charge is -2.27. The molecule has 0 unspecified atom stereocenters. The van der Waals surface area contributed by atoms with Crippen molar-refractivity contribution in [3.8, 4) is 0 Å². The quantitative estimate of drug-likeness (QED) is 0.283. The van der Waals surface area contributed by atoms with Crippen LogP contribution < -0.4 is 10.6 Å². The minimum Gasteiger partial charge on any atom is -0.379 e. The lowest BCUT2D eigenvalue weighted by atomic mass is 10.1. The Bertz CT molecular complexity index is 827. The maximum atomic E-state index is 13.0. The second-order valence-electron chi connectivity index (χ2n) is 7.87. The van der Waals surface area contributed by atoms with Gasteiger partial charge in [0.05, 0.1) is 13.2 Å². The van der Waals surface area contributed by atoms with Gasteiger partial charge in [0.25, 0.3) is 0 Å².